The van der Waals surface area contributed by atoms with Crippen LogP contribution in [0.5, 0.6) is 0 Å². The number of hydrogen-bond acceptors (Lipinski definition) is 2. The first kappa shape index (κ1) is 12.2. The highest BCUT2D eigenvalue weighted by Crippen LogP contribution is 2.25. The monoisotopic (exact) mass is 244 g/mol. The van der Waals surface area contributed by atoms with Crippen LogP contribution < -0.4 is 10.6 Å². The number of nitrogens with one attached hydrogen (secondary N) is 2. The van der Waals surface area contributed by atoms with E-state index < -0.39 is 0 Å². The van der Waals surface area contributed by atoms with Gasteiger partial charge in [-0.1, -0.05) is 24.3 Å². The third kappa shape index (κ3) is 3.33. The first-order chi connectivity index (χ1) is 8.92. The second-order valence-electron chi connectivity index (χ2n) is 5.83. The zero-order valence-corrected chi connectivity index (χ0v) is 11.1. The molecule has 0 spiro atoms. The molecular weight excluding hydrogens is 220 g/mol. The van der Waals surface area contributed by atoms with Crippen LogP contribution >= 0.6 is 0 Å². The fourth-order valence-corrected chi connectivity index (χ4v) is 2.91. The van der Waals surface area contributed by atoms with E-state index in [-0.39, 0.29) is 0 Å². The second-order valence-corrected chi connectivity index (χ2v) is 5.83. The van der Waals surface area contributed by atoms with Gasteiger partial charge in [-0.05, 0) is 68.8 Å². The largest absolute Gasteiger partial charge is 0.316 e. The number of hydrogen-bond donors (Lipinski definition) is 2. The molecule has 2 heteroatoms. The van der Waals surface area contributed by atoms with Crippen LogP contribution in [0.3, 0.4) is 0 Å². The van der Waals surface area contributed by atoms with Gasteiger partial charge in [0.1, 0.15) is 0 Å². The summed E-state index contributed by atoms with van der Waals surface area (Å²) in [4.78, 5) is 0. The van der Waals surface area contributed by atoms with E-state index in [0.29, 0.717) is 0 Å². The van der Waals surface area contributed by atoms with Gasteiger partial charge in [-0.3, -0.25) is 0 Å². The van der Waals surface area contributed by atoms with Crippen molar-refractivity contribution in [2.45, 2.75) is 38.1 Å². The van der Waals surface area contributed by atoms with Gasteiger partial charge in [0.05, 0.1) is 0 Å². The second kappa shape index (κ2) is 5.85. The van der Waals surface area contributed by atoms with Gasteiger partial charge in [-0.25, -0.2) is 0 Å². The number of rotatable bonds is 7. The standard InChI is InChI=1S/C16H24N2/c1-2-5-15-11-13(10-14(15)4-1)12-17-8-3-9-18-16-6-7-16/h1-2,4-5,13,16-18H,3,6-12H2. The molecule has 0 aliphatic heterocycles. The van der Waals surface area contributed by atoms with Crippen molar-refractivity contribution in [3.63, 3.8) is 0 Å². The molecule has 0 bridgehead atoms. The Morgan fingerprint density at radius 3 is 2.39 bits per heavy atom. The van der Waals surface area contributed by atoms with Crippen LogP contribution in [0.2, 0.25) is 0 Å². The Hall–Kier alpha value is -0.860. The molecule has 18 heavy (non-hydrogen) atoms. The third-order valence-corrected chi connectivity index (χ3v) is 4.11. The lowest BCUT2D eigenvalue weighted by Gasteiger charge is -2.10. The Labute approximate surface area is 110 Å². The maximum atomic E-state index is 3.62. The lowest BCUT2D eigenvalue weighted by atomic mass is 10.1. The van der Waals surface area contributed by atoms with Gasteiger partial charge in [0.15, 0.2) is 0 Å². The SMILES string of the molecule is c1ccc2c(c1)CC(CNCCCNC1CC1)C2. The van der Waals surface area contributed by atoms with Crippen LogP contribution in [-0.2, 0) is 12.8 Å². The molecule has 0 saturated heterocycles. The molecule has 0 atom stereocenters. The molecule has 2 aliphatic carbocycles. The summed E-state index contributed by atoms with van der Waals surface area (Å²) >= 11 is 0. The van der Waals surface area contributed by atoms with Gasteiger partial charge in [-0.2, -0.15) is 0 Å². The summed E-state index contributed by atoms with van der Waals surface area (Å²) in [6, 6.07) is 9.76. The first-order valence-corrected chi connectivity index (χ1v) is 7.43. The number of fused-ring (bicyclic) bond motifs is 1. The zero-order valence-electron chi connectivity index (χ0n) is 11.1. The van der Waals surface area contributed by atoms with E-state index in [0.717, 1.165) is 18.5 Å². The molecule has 1 aromatic rings. The molecular formula is C16H24N2. The first-order valence-electron chi connectivity index (χ1n) is 7.43. The average Bonchev–Trinajstić information content (AvgIpc) is 3.11. The van der Waals surface area contributed by atoms with Crippen molar-refractivity contribution in [3.05, 3.63) is 35.4 Å². The van der Waals surface area contributed by atoms with Crippen molar-refractivity contribution in [3.8, 4) is 0 Å². The van der Waals surface area contributed by atoms with E-state index >= 15 is 0 Å². The molecule has 0 heterocycles. The van der Waals surface area contributed by atoms with E-state index in [2.05, 4.69) is 34.9 Å². The summed E-state index contributed by atoms with van der Waals surface area (Å²) in [7, 11) is 0. The molecule has 2 nitrogen and oxygen atoms in total. The lowest BCUT2D eigenvalue weighted by Crippen LogP contribution is -2.27. The molecule has 1 aromatic carbocycles. The molecule has 98 valence electrons. The topological polar surface area (TPSA) is 24.1 Å². The highest BCUT2D eigenvalue weighted by molar-refractivity contribution is 5.32. The van der Waals surface area contributed by atoms with Gasteiger partial charge >= 0.3 is 0 Å². The van der Waals surface area contributed by atoms with Gasteiger partial charge in [0.25, 0.3) is 0 Å². The highest BCUT2D eigenvalue weighted by Gasteiger charge is 2.20. The van der Waals surface area contributed by atoms with Crippen LogP contribution in [0, 0.1) is 5.92 Å². The Morgan fingerprint density at radius 1 is 1.00 bits per heavy atom. The quantitative estimate of drug-likeness (QED) is 0.718. The minimum Gasteiger partial charge on any atom is -0.316 e. The third-order valence-electron chi connectivity index (χ3n) is 4.11. The fourth-order valence-electron chi connectivity index (χ4n) is 2.91. The fraction of sp³-hybridized carbons (Fsp3) is 0.625. The van der Waals surface area contributed by atoms with E-state index in [1.165, 1.54) is 45.2 Å². The van der Waals surface area contributed by atoms with Crippen molar-refractivity contribution in [2.75, 3.05) is 19.6 Å². The van der Waals surface area contributed by atoms with E-state index in [1.54, 1.807) is 11.1 Å². The summed E-state index contributed by atoms with van der Waals surface area (Å²) in [5, 5.41) is 7.18. The van der Waals surface area contributed by atoms with Crippen LogP contribution in [-0.4, -0.2) is 25.7 Å². The molecule has 1 fully saturated rings. The Kier molecular flexibility index (Phi) is 3.96. The zero-order chi connectivity index (χ0) is 12.2. The summed E-state index contributed by atoms with van der Waals surface area (Å²) < 4.78 is 0. The molecule has 0 aromatic heterocycles. The van der Waals surface area contributed by atoms with Gasteiger partial charge in [0.2, 0.25) is 0 Å². The molecule has 0 unspecified atom stereocenters. The van der Waals surface area contributed by atoms with Crippen LogP contribution in [0.1, 0.15) is 30.4 Å². The van der Waals surface area contributed by atoms with Gasteiger partial charge in [0, 0.05) is 6.04 Å². The predicted molar refractivity (Wildman–Crippen MR) is 75.9 cm³/mol. The van der Waals surface area contributed by atoms with E-state index in [9.17, 15) is 0 Å². The highest BCUT2D eigenvalue weighted by atomic mass is 14.9. The lowest BCUT2D eigenvalue weighted by molar-refractivity contribution is 0.488. The molecule has 0 radical (unpaired) electrons. The molecule has 1 saturated carbocycles. The maximum Gasteiger partial charge on any atom is 0.00682 e. The van der Waals surface area contributed by atoms with Crippen molar-refractivity contribution in [1.82, 2.24) is 10.6 Å². The van der Waals surface area contributed by atoms with Crippen LogP contribution in [0.25, 0.3) is 0 Å². The summed E-state index contributed by atoms with van der Waals surface area (Å²) in [5.41, 5.74) is 3.14. The Morgan fingerprint density at radius 2 is 1.72 bits per heavy atom. The summed E-state index contributed by atoms with van der Waals surface area (Å²) in [6.45, 7) is 3.52. The molecule has 0 amide bonds. The van der Waals surface area contributed by atoms with Crippen molar-refractivity contribution < 1.29 is 0 Å². The van der Waals surface area contributed by atoms with Crippen LogP contribution in [0.15, 0.2) is 24.3 Å². The van der Waals surface area contributed by atoms with Gasteiger partial charge < -0.3 is 10.6 Å². The normalized spacial score (nSPS) is 19.1. The Balaban J connectivity index is 1.28. The minimum atomic E-state index is 0.818. The predicted octanol–water partition coefficient (Wildman–Crippen LogP) is 2.13. The summed E-state index contributed by atoms with van der Waals surface area (Å²) in [6.07, 6.45) is 6.59. The maximum absolute atomic E-state index is 3.62. The molecule has 2 aliphatic rings. The molecule has 2 N–H and O–H groups in total. The smallest absolute Gasteiger partial charge is 0.00682 e. The summed E-state index contributed by atoms with van der Waals surface area (Å²) in [5.74, 6) is 0.818. The molecule has 3 rings (SSSR count). The Bertz CT molecular complexity index is 359. The van der Waals surface area contributed by atoms with Crippen LogP contribution in [0.4, 0.5) is 0 Å². The van der Waals surface area contributed by atoms with E-state index in [4.69, 9.17) is 0 Å². The van der Waals surface area contributed by atoms with Crippen molar-refractivity contribution in [2.24, 2.45) is 5.92 Å². The van der Waals surface area contributed by atoms with Gasteiger partial charge in [-0.15, -0.1) is 0 Å². The minimum absolute atomic E-state index is 0.818. The van der Waals surface area contributed by atoms with Crippen molar-refractivity contribution >= 4 is 0 Å². The van der Waals surface area contributed by atoms with Crippen molar-refractivity contribution in [1.29, 1.82) is 0 Å². The number of benzene rings is 1. The van der Waals surface area contributed by atoms with E-state index in [1.807, 2.05) is 0 Å². The average molecular weight is 244 g/mol.